The Labute approximate surface area is 384 Å². The summed E-state index contributed by atoms with van der Waals surface area (Å²) < 4.78 is 37.3. The molecular formula is C56H76O8. The third-order valence-electron chi connectivity index (χ3n) is 12.0. The van der Waals surface area contributed by atoms with Crippen molar-refractivity contribution in [3.63, 3.8) is 0 Å². The molecule has 0 saturated carbocycles. The number of esters is 2. The third kappa shape index (κ3) is 12.2. The molecule has 0 radical (unpaired) electrons. The Balaban J connectivity index is 2.03. The van der Waals surface area contributed by atoms with Crippen molar-refractivity contribution in [2.24, 2.45) is 0 Å². The van der Waals surface area contributed by atoms with Crippen LogP contribution in [0.1, 0.15) is 177 Å². The Kier molecular flexibility index (Phi) is 15.7. The first kappa shape index (κ1) is 50.0. The molecule has 8 bridgehead atoms. The summed E-state index contributed by atoms with van der Waals surface area (Å²) in [5.41, 5.74) is 11.7. The highest BCUT2D eigenvalue weighted by Gasteiger charge is 2.30. The molecule has 0 N–H and O–H groups in total. The van der Waals surface area contributed by atoms with Gasteiger partial charge in [0.15, 0.2) is 13.2 Å². The summed E-state index contributed by atoms with van der Waals surface area (Å²) in [7, 11) is 2.78. The molecule has 5 rings (SSSR count). The molecule has 0 amide bonds. The molecule has 0 atom stereocenters. The van der Waals surface area contributed by atoms with Crippen molar-refractivity contribution in [1.82, 2.24) is 0 Å². The minimum Gasteiger partial charge on any atom is -0.493 e. The van der Waals surface area contributed by atoms with Crippen molar-refractivity contribution < 1.29 is 38.0 Å². The van der Waals surface area contributed by atoms with Gasteiger partial charge in [-0.3, -0.25) is 0 Å². The summed E-state index contributed by atoms with van der Waals surface area (Å²) in [4.78, 5) is 25.8. The molecular weight excluding hydrogens is 801 g/mol. The maximum atomic E-state index is 12.9. The molecule has 0 saturated heterocycles. The summed E-state index contributed by atoms with van der Waals surface area (Å²) in [5.74, 6) is 2.07. The SMILES string of the molecule is CCCOc1c2cc(C(C)(C)C)cc1Cc1cc(C(C)(C)C)cc(c1OCC(=O)OC)Cc1cc(C(C)(C)C)cc(c1OCCC)Cc1cc(C(C)(C)C)cc(c1OCC(=O)OC)C2. The van der Waals surface area contributed by atoms with E-state index in [-0.39, 0.29) is 34.9 Å². The summed E-state index contributed by atoms with van der Waals surface area (Å²) >= 11 is 0. The molecule has 1 aliphatic carbocycles. The van der Waals surface area contributed by atoms with Gasteiger partial charge >= 0.3 is 11.9 Å². The minimum atomic E-state index is -0.451. The van der Waals surface area contributed by atoms with Crippen LogP contribution in [0.4, 0.5) is 0 Å². The van der Waals surface area contributed by atoms with E-state index >= 15 is 0 Å². The van der Waals surface area contributed by atoms with Crippen LogP contribution in [0.15, 0.2) is 48.5 Å². The van der Waals surface area contributed by atoms with Gasteiger partial charge in [0.25, 0.3) is 0 Å². The van der Waals surface area contributed by atoms with E-state index in [4.69, 9.17) is 28.4 Å². The van der Waals surface area contributed by atoms with Crippen molar-refractivity contribution in [3.8, 4) is 23.0 Å². The summed E-state index contributed by atoms with van der Waals surface area (Å²) in [6.07, 6.45) is 3.57. The fourth-order valence-corrected chi connectivity index (χ4v) is 8.15. The first-order valence-electron chi connectivity index (χ1n) is 23.2. The Morgan fingerprint density at radius 3 is 0.766 bits per heavy atom. The number of benzene rings is 4. The van der Waals surface area contributed by atoms with E-state index in [0.717, 1.165) is 80.0 Å². The molecule has 348 valence electrons. The van der Waals surface area contributed by atoms with E-state index in [1.165, 1.54) is 25.3 Å². The average molecular weight is 877 g/mol. The minimum absolute atomic E-state index is 0.207. The van der Waals surface area contributed by atoms with Crippen molar-refractivity contribution >= 4 is 11.9 Å². The lowest BCUT2D eigenvalue weighted by atomic mass is 9.79. The Morgan fingerprint density at radius 1 is 0.391 bits per heavy atom. The molecule has 0 spiro atoms. The number of rotatable bonds is 12. The number of hydrogen-bond acceptors (Lipinski definition) is 8. The summed E-state index contributed by atoms with van der Waals surface area (Å²) in [5, 5.41) is 0. The fraction of sp³-hybridized carbons (Fsp3) is 0.536. The van der Waals surface area contributed by atoms with Crippen LogP contribution in [-0.2, 0) is 66.4 Å². The van der Waals surface area contributed by atoms with E-state index in [9.17, 15) is 9.59 Å². The predicted molar refractivity (Wildman–Crippen MR) is 258 cm³/mol. The van der Waals surface area contributed by atoms with E-state index < -0.39 is 11.9 Å². The zero-order valence-electron chi connectivity index (χ0n) is 42.0. The van der Waals surface area contributed by atoms with Crippen LogP contribution in [0.25, 0.3) is 0 Å². The Bertz CT molecular complexity index is 2050. The number of carbonyl (C=O) groups excluding carboxylic acids is 2. The molecule has 0 unspecified atom stereocenters. The molecule has 4 aromatic carbocycles. The van der Waals surface area contributed by atoms with Crippen LogP contribution in [0.3, 0.4) is 0 Å². The molecule has 0 aliphatic heterocycles. The van der Waals surface area contributed by atoms with Gasteiger partial charge in [0.1, 0.15) is 23.0 Å². The largest absolute Gasteiger partial charge is 0.493 e. The first-order chi connectivity index (χ1) is 29.9. The number of carbonyl (C=O) groups is 2. The summed E-state index contributed by atoms with van der Waals surface area (Å²) in [6, 6.07) is 18.1. The average Bonchev–Trinajstić information content (AvgIpc) is 3.20. The van der Waals surface area contributed by atoms with E-state index in [1.807, 2.05) is 0 Å². The Morgan fingerprint density at radius 2 is 0.594 bits per heavy atom. The predicted octanol–water partition coefficient (Wildman–Crippen LogP) is 12.2. The van der Waals surface area contributed by atoms with Crippen LogP contribution in [0.5, 0.6) is 23.0 Å². The van der Waals surface area contributed by atoms with E-state index in [0.29, 0.717) is 50.4 Å². The van der Waals surface area contributed by atoms with E-state index in [1.54, 1.807) is 0 Å². The van der Waals surface area contributed by atoms with Gasteiger partial charge in [-0.15, -0.1) is 0 Å². The van der Waals surface area contributed by atoms with Crippen LogP contribution < -0.4 is 18.9 Å². The number of hydrogen-bond donors (Lipinski definition) is 0. The molecule has 0 fully saturated rings. The highest BCUT2D eigenvalue weighted by molar-refractivity contribution is 5.72. The third-order valence-corrected chi connectivity index (χ3v) is 12.0. The van der Waals surface area contributed by atoms with Crippen LogP contribution >= 0.6 is 0 Å². The van der Waals surface area contributed by atoms with E-state index in [2.05, 4.69) is 145 Å². The molecule has 1 aliphatic rings. The molecule has 8 nitrogen and oxygen atoms in total. The van der Waals surface area contributed by atoms with Crippen LogP contribution in [0.2, 0.25) is 0 Å². The zero-order chi connectivity index (χ0) is 47.4. The molecule has 64 heavy (non-hydrogen) atoms. The normalized spacial score (nSPS) is 13.2. The van der Waals surface area contributed by atoms with Gasteiger partial charge in [0, 0.05) is 25.7 Å². The monoisotopic (exact) mass is 877 g/mol. The second-order valence-corrected chi connectivity index (χ2v) is 21.6. The fourth-order valence-electron chi connectivity index (χ4n) is 8.15. The van der Waals surface area contributed by atoms with Crippen LogP contribution in [-0.4, -0.2) is 52.6 Å². The van der Waals surface area contributed by atoms with Crippen molar-refractivity contribution in [1.29, 1.82) is 0 Å². The van der Waals surface area contributed by atoms with Gasteiger partial charge < -0.3 is 28.4 Å². The summed E-state index contributed by atoms with van der Waals surface area (Å²) in [6.45, 7) is 31.6. The second kappa shape index (κ2) is 20.0. The lowest BCUT2D eigenvalue weighted by Gasteiger charge is -2.29. The topological polar surface area (TPSA) is 89.5 Å². The molecule has 0 aromatic heterocycles. The van der Waals surface area contributed by atoms with Gasteiger partial charge in [-0.1, -0.05) is 145 Å². The maximum absolute atomic E-state index is 12.9. The lowest BCUT2D eigenvalue weighted by Crippen LogP contribution is -2.19. The van der Waals surface area contributed by atoms with Crippen LogP contribution in [0, 0.1) is 0 Å². The van der Waals surface area contributed by atoms with Crippen molar-refractivity contribution in [2.75, 3.05) is 40.6 Å². The van der Waals surface area contributed by atoms with Crippen molar-refractivity contribution in [3.05, 3.63) is 115 Å². The number of methoxy groups -OCH3 is 2. The molecule has 0 heterocycles. The lowest BCUT2D eigenvalue weighted by molar-refractivity contribution is -0.143. The smallest absolute Gasteiger partial charge is 0.343 e. The first-order valence-corrected chi connectivity index (χ1v) is 23.2. The second-order valence-electron chi connectivity index (χ2n) is 21.6. The quantitative estimate of drug-likeness (QED) is 0.115. The number of ether oxygens (including phenoxy) is 6. The van der Waals surface area contributed by atoms with Gasteiger partial charge in [-0.2, -0.15) is 0 Å². The highest BCUT2D eigenvalue weighted by Crippen LogP contribution is 2.44. The van der Waals surface area contributed by atoms with Gasteiger partial charge in [-0.25, -0.2) is 9.59 Å². The van der Waals surface area contributed by atoms with Crippen molar-refractivity contribution in [2.45, 2.75) is 157 Å². The van der Waals surface area contributed by atoms with Gasteiger partial charge in [0.2, 0.25) is 0 Å². The highest BCUT2D eigenvalue weighted by atomic mass is 16.6. The number of fused-ring (bicyclic) bond motifs is 8. The van der Waals surface area contributed by atoms with Gasteiger partial charge in [0.05, 0.1) is 27.4 Å². The maximum Gasteiger partial charge on any atom is 0.343 e. The molecule has 4 aromatic rings. The molecule has 8 heteroatoms. The standard InChI is InChI=1S/C56H76O8/c1-17-19-61-49-35-21-39-29-45(55(9,10)11)31-41(51(39)63-33-47(57)59-15)23-37-27-44(54(6,7)8)28-38(50(37)62-20-18-2)24-42-32-46(56(12,13)14)30-40(52(42)64-34-48(58)60-16)22-36(49)26-43(25-35)53(3,4)5/h25-32H,17-24,33-34H2,1-16H3. The van der Waals surface area contributed by atoms with Gasteiger partial charge in [-0.05, 0) is 101 Å². The zero-order valence-corrected chi connectivity index (χ0v) is 42.0. The Hall–Kier alpha value is -4.98.